The summed E-state index contributed by atoms with van der Waals surface area (Å²) >= 11 is 1.54. The van der Waals surface area contributed by atoms with Crippen LogP contribution in [0.4, 0.5) is 22.6 Å². The molecule has 0 saturated heterocycles. The number of thiophene rings is 1. The molecular weight excluding hydrogens is 366 g/mol. The maximum atomic E-state index is 13.0. The van der Waals surface area contributed by atoms with Gasteiger partial charge in [0.1, 0.15) is 11.1 Å². The van der Waals surface area contributed by atoms with Crippen LogP contribution in [0.15, 0.2) is 0 Å². The lowest BCUT2D eigenvalue weighted by atomic mass is 9.81. The lowest BCUT2D eigenvalue weighted by Crippen LogP contribution is -2.43. The van der Waals surface area contributed by atoms with Gasteiger partial charge in [0, 0.05) is 62.3 Å². The van der Waals surface area contributed by atoms with E-state index in [9.17, 15) is 22.8 Å². The number of nitrogens with zero attached hydrogens (tertiary/aromatic N) is 2. The van der Waals surface area contributed by atoms with Gasteiger partial charge in [-0.2, -0.15) is 5.26 Å². The van der Waals surface area contributed by atoms with E-state index in [0.29, 0.717) is 25.2 Å². The van der Waals surface area contributed by atoms with Gasteiger partial charge in [0.25, 0.3) is 0 Å². The first kappa shape index (κ1) is 18.1. The van der Waals surface area contributed by atoms with Crippen molar-refractivity contribution in [2.75, 3.05) is 25.0 Å². The number of hydrogen-bond donors (Lipinski definition) is 1. The highest BCUT2D eigenvalue weighted by Crippen LogP contribution is 2.45. The lowest BCUT2D eigenvalue weighted by Gasteiger charge is -2.39. The zero-order valence-corrected chi connectivity index (χ0v) is 15.1. The smallest absolute Gasteiger partial charge is 0.248 e. The van der Waals surface area contributed by atoms with Crippen molar-refractivity contribution >= 4 is 16.3 Å². The average molecular weight is 387 g/mol. The number of hydrogen-bond acceptors (Lipinski definition) is 4. The molecule has 2 fully saturated rings. The van der Waals surface area contributed by atoms with E-state index in [2.05, 4.69) is 16.3 Å². The van der Waals surface area contributed by atoms with Crippen molar-refractivity contribution < 1.29 is 17.6 Å². The van der Waals surface area contributed by atoms with Crippen LogP contribution in [0.3, 0.4) is 0 Å². The van der Waals surface area contributed by atoms with Crippen molar-refractivity contribution in [1.29, 1.82) is 5.26 Å². The molecule has 4 rings (SSSR count). The molecule has 1 aromatic rings. The molecule has 0 atom stereocenters. The average Bonchev–Trinajstić information content (AvgIpc) is 2.85. The summed E-state index contributed by atoms with van der Waals surface area (Å²) in [5, 5.41) is 13.5. The molecule has 0 aromatic carbocycles. The Morgan fingerprint density at radius 3 is 2.38 bits per heavy atom. The van der Waals surface area contributed by atoms with E-state index < -0.39 is 11.8 Å². The number of nitriles is 1. The maximum Gasteiger partial charge on any atom is 0.248 e. The molecule has 8 heteroatoms. The first-order chi connectivity index (χ1) is 12.2. The van der Waals surface area contributed by atoms with E-state index in [1.165, 1.54) is 11.3 Å². The summed E-state index contributed by atoms with van der Waals surface area (Å²) in [6, 6.07) is 2.25. The van der Waals surface area contributed by atoms with Gasteiger partial charge >= 0.3 is 0 Å². The molecule has 142 valence electrons. The predicted molar refractivity (Wildman–Crippen MR) is 91.8 cm³/mol. The Bertz CT molecular complexity index is 724. The Hall–Kier alpha value is -1.33. The van der Waals surface area contributed by atoms with Crippen molar-refractivity contribution in [3.63, 3.8) is 0 Å². The van der Waals surface area contributed by atoms with Crippen molar-refractivity contribution in [3.8, 4) is 6.07 Å². The highest BCUT2D eigenvalue weighted by molar-refractivity contribution is 7.16. The first-order valence-corrected chi connectivity index (χ1v) is 9.83. The second kappa shape index (κ2) is 6.38. The molecule has 0 amide bonds. The normalized spacial score (nSPS) is 25.0. The van der Waals surface area contributed by atoms with Gasteiger partial charge < -0.3 is 5.32 Å². The third-order valence-corrected chi connectivity index (χ3v) is 6.91. The molecular formula is C18H21F4N3S. The molecule has 0 radical (unpaired) electrons. The number of alkyl halides is 4. The van der Waals surface area contributed by atoms with Gasteiger partial charge in [-0.25, -0.2) is 17.6 Å². The Balaban J connectivity index is 1.37. The van der Waals surface area contributed by atoms with Gasteiger partial charge in [0.05, 0.1) is 5.56 Å². The van der Waals surface area contributed by atoms with Crippen molar-refractivity contribution in [1.82, 2.24) is 4.90 Å². The van der Waals surface area contributed by atoms with Crippen LogP contribution < -0.4 is 5.32 Å². The van der Waals surface area contributed by atoms with Crippen LogP contribution in [0.1, 0.15) is 41.7 Å². The van der Waals surface area contributed by atoms with Crippen LogP contribution >= 0.6 is 11.3 Å². The fourth-order valence-corrected chi connectivity index (χ4v) is 5.44. The molecule has 3 aliphatic rings. The van der Waals surface area contributed by atoms with E-state index >= 15 is 0 Å². The number of fused-ring (bicyclic) bond motifs is 1. The maximum absolute atomic E-state index is 13.0. The van der Waals surface area contributed by atoms with Gasteiger partial charge in [-0.1, -0.05) is 0 Å². The summed E-state index contributed by atoms with van der Waals surface area (Å²) in [5.41, 5.74) is 1.58. The Morgan fingerprint density at radius 1 is 1.12 bits per heavy atom. The summed E-state index contributed by atoms with van der Waals surface area (Å²) in [7, 11) is 0. The van der Waals surface area contributed by atoms with E-state index in [-0.39, 0.29) is 37.5 Å². The molecule has 1 aliphatic heterocycles. The highest BCUT2D eigenvalue weighted by atomic mass is 32.1. The third kappa shape index (κ3) is 3.56. The fraction of sp³-hybridized carbons (Fsp3) is 0.722. The second-order valence-corrected chi connectivity index (χ2v) is 9.05. The van der Waals surface area contributed by atoms with Crippen LogP contribution in [0.5, 0.6) is 0 Å². The summed E-state index contributed by atoms with van der Waals surface area (Å²) in [6.45, 7) is 2.54. The molecule has 26 heavy (non-hydrogen) atoms. The van der Waals surface area contributed by atoms with Crippen molar-refractivity contribution in [2.45, 2.75) is 50.5 Å². The van der Waals surface area contributed by atoms with E-state index in [1.54, 1.807) is 0 Å². The first-order valence-electron chi connectivity index (χ1n) is 9.01. The Kier molecular flexibility index (Phi) is 4.43. The summed E-state index contributed by atoms with van der Waals surface area (Å²) in [4.78, 5) is 3.31. The molecule has 1 N–H and O–H groups in total. The van der Waals surface area contributed by atoms with Crippen LogP contribution in [-0.2, 0) is 13.0 Å². The van der Waals surface area contributed by atoms with Gasteiger partial charge in [-0.05, 0) is 18.3 Å². The molecule has 0 spiro atoms. The molecule has 2 heterocycles. The SMILES string of the molecule is N#Cc1c(NCC2CC(F)(F)C2)sc2c1CN(CC1CC(F)(F)C1)CC2. The van der Waals surface area contributed by atoms with Crippen LogP contribution in [-0.4, -0.2) is 36.4 Å². The summed E-state index contributed by atoms with van der Waals surface area (Å²) in [5.74, 6) is -5.04. The van der Waals surface area contributed by atoms with E-state index in [0.717, 1.165) is 28.4 Å². The zero-order valence-electron chi connectivity index (χ0n) is 14.3. The van der Waals surface area contributed by atoms with Gasteiger partial charge in [0.2, 0.25) is 11.8 Å². The molecule has 3 nitrogen and oxygen atoms in total. The largest absolute Gasteiger partial charge is 0.376 e. The minimum atomic E-state index is -2.53. The Labute approximate surface area is 154 Å². The molecule has 0 unspecified atom stereocenters. The number of halogens is 4. The number of nitrogens with one attached hydrogen (secondary N) is 1. The number of rotatable bonds is 5. The standard InChI is InChI=1S/C18H21F4N3S/c19-17(20)3-11(4-17)8-24-16-13(7-23)14-10-25(2-1-15(14)26-16)9-12-5-18(21,22)6-12/h11-12,24H,1-6,8-10H2. The van der Waals surface area contributed by atoms with Crippen molar-refractivity contribution in [3.05, 3.63) is 16.0 Å². The van der Waals surface area contributed by atoms with Gasteiger partial charge in [0.15, 0.2) is 0 Å². The van der Waals surface area contributed by atoms with Gasteiger partial charge in [-0.3, -0.25) is 4.90 Å². The highest BCUT2D eigenvalue weighted by Gasteiger charge is 2.46. The molecule has 2 aliphatic carbocycles. The van der Waals surface area contributed by atoms with Gasteiger partial charge in [-0.15, -0.1) is 11.3 Å². The number of anilines is 1. The Morgan fingerprint density at radius 2 is 1.77 bits per heavy atom. The quantitative estimate of drug-likeness (QED) is 0.757. The lowest BCUT2D eigenvalue weighted by molar-refractivity contribution is -0.117. The predicted octanol–water partition coefficient (Wildman–Crippen LogP) is 4.48. The zero-order chi connectivity index (χ0) is 18.5. The van der Waals surface area contributed by atoms with Crippen LogP contribution in [0, 0.1) is 23.2 Å². The third-order valence-electron chi connectivity index (χ3n) is 5.66. The van der Waals surface area contributed by atoms with Crippen LogP contribution in [0.2, 0.25) is 0 Å². The molecule has 0 bridgehead atoms. The van der Waals surface area contributed by atoms with Crippen LogP contribution in [0.25, 0.3) is 0 Å². The second-order valence-electron chi connectivity index (χ2n) is 7.95. The summed E-state index contributed by atoms with van der Waals surface area (Å²) in [6.07, 6.45) is 0.550. The minimum Gasteiger partial charge on any atom is -0.376 e. The fourth-order valence-electron chi connectivity index (χ4n) is 4.29. The molecule has 1 aromatic heterocycles. The molecule has 2 saturated carbocycles. The van der Waals surface area contributed by atoms with E-state index in [4.69, 9.17) is 0 Å². The summed E-state index contributed by atoms with van der Waals surface area (Å²) < 4.78 is 51.9. The minimum absolute atomic E-state index is 0.0357. The van der Waals surface area contributed by atoms with Crippen molar-refractivity contribution in [2.24, 2.45) is 11.8 Å². The van der Waals surface area contributed by atoms with E-state index in [1.807, 2.05) is 0 Å². The topological polar surface area (TPSA) is 39.1 Å². The monoisotopic (exact) mass is 387 g/mol.